The number of nitrogens with zero attached hydrogens (tertiary/aromatic N) is 2. The summed E-state index contributed by atoms with van der Waals surface area (Å²) in [5.74, 6) is -0.203. The first-order chi connectivity index (χ1) is 13.6. The molecule has 3 aromatic carbocycles. The monoisotopic (exact) mass is 372 g/mol. The molecule has 0 aromatic heterocycles. The van der Waals surface area contributed by atoms with Gasteiger partial charge in [0, 0.05) is 25.2 Å². The van der Waals surface area contributed by atoms with Crippen LogP contribution in [0.15, 0.2) is 91.0 Å². The van der Waals surface area contributed by atoms with Crippen molar-refractivity contribution in [3.05, 3.63) is 118 Å². The Balaban J connectivity index is 1.82. The van der Waals surface area contributed by atoms with Gasteiger partial charge in [-0.05, 0) is 23.3 Å². The third kappa shape index (κ3) is 5.14. The van der Waals surface area contributed by atoms with Gasteiger partial charge in [0.2, 0.25) is 5.91 Å². The van der Waals surface area contributed by atoms with E-state index in [1.165, 1.54) is 18.2 Å². The lowest BCUT2D eigenvalue weighted by atomic mass is 10.1. The molecular formula is C23H20N2O3. The van der Waals surface area contributed by atoms with Crippen LogP contribution in [0.1, 0.15) is 16.7 Å². The SMILES string of the molecule is O=C(C=Cc1ccccc1[N+](=O)[O-])N(Cc1ccccc1)Cc1ccccc1. The molecule has 0 bridgehead atoms. The molecule has 1 amide bonds. The summed E-state index contributed by atoms with van der Waals surface area (Å²) in [6.45, 7) is 0.908. The van der Waals surface area contributed by atoms with E-state index in [1.54, 1.807) is 23.1 Å². The minimum Gasteiger partial charge on any atom is -0.331 e. The number of benzene rings is 3. The van der Waals surface area contributed by atoms with Gasteiger partial charge in [0.25, 0.3) is 5.69 Å². The van der Waals surface area contributed by atoms with E-state index in [0.29, 0.717) is 18.7 Å². The fraction of sp³-hybridized carbons (Fsp3) is 0.0870. The first-order valence-corrected chi connectivity index (χ1v) is 8.92. The van der Waals surface area contributed by atoms with Gasteiger partial charge in [0.05, 0.1) is 10.5 Å². The van der Waals surface area contributed by atoms with Crippen molar-refractivity contribution in [3.63, 3.8) is 0 Å². The number of hydrogen-bond acceptors (Lipinski definition) is 3. The van der Waals surface area contributed by atoms with Crippen LogP contribution < -0.4 is 0 Å². The third-order valence-electron chi connectivity index (χ3n) is 4.28. The fourth-order valence-electron chi connectivity index (χ4n) is 2.88. The molecular weight excluding hydrogens is 352 g/mol. The van der Waals surface area contributed by atoms with Crippen molar-refractivity contribution >= 4 is 17.7 Å². The summed E-state index contributed by atoms with van der Waals surface area (Å²) in [6.07, 6.45) is 2.90. The number of carbonyl (C=O) groups is 1. The second-order valence-corrected chi connectivity index (χ2v) is 6.31. The molecule has 0 fully saturated rings. The van der Waals surface area contributed by atoms with Gasteiger partial charge in [-0.2, -0.15) is 0 Å². The quantitative estimate of drug-likeness (QED) is 0.339. The Morgan fingerprint density at radius 3 is 1.86 bits per heavy atom. The summed E-state index contributed by atoms with van der Waals surface area (Å²) < 4.78 is 0. The maximum atomic E-state index is 12.9. The number of amides is 1. The number of carbonyl (C=O) groups excluding carboxylic acids is 1. The molecule has 0 N–H and O–H groups in total. The molecule has 0 saturated carbocycles. The van der Waals surface area contributed by atoms with E-state index in [9.17, 15) is 14.9 Å². The van der Waals surface area contributed by atoms with Crippen LogP contribution in [-0.4, -0.2) is 15.7 Å². The van der Waals surface area contributed by atoms with Crippen LogP contribution in [0, 0.1) is 10.1 Å². The summed E-state index contributed by atoms with van der Waals surface area (Å²) in [7, 11) is 0. The van der Waals surface area contributed by atoms with E-state index in [-0.39, 0.29) is 11.6 Å². The highest BCUT2D eigenvalue weighted by molar-refractivity contribution is 5.92. The molecule has 0 aliphatic carbocycles. The molecule has 0 aliphatic heterocycles. The Labute approximate surface area is 163 Å². The molecule has 5 nitrogen and oxygen atoms in total. The van der Waals surface area contributed by atoms with Crippen molar-refractivity contribution in [2.24, 2.45) is 0 Å². The Bertz CT molecular complexity index is 928. The van der Waals surface area contributed by atoms with Gasteiger partial charge < -0.3 is 4.90 Å². The predicted molar refractivity (Wildman–Crippen MR) is 109 cm³/mol. The second-order valence-electron chi connectivity index (χ2n) is 6.31. The fourth-order valence-corrected chi connectivity index (χ4v) is 2.88. The van der Waals surface area contributed by atoms with Crippen LogP contribution in [-0.2, 0) is 17.9 Å². The van der Waals surface area contributed by atoms with Crippen molar-refractivity contribution in [3.8, 4) is 0 Å². The highest BCUT2D eigenvalue weighted by Crippen LogP contribution is 2.19. The van der Waals surface area contributed by atoms with Gasteiger partial charge in [0.15, 0.2) is 0 Å². The van der Waals surface area contributed by atoms with E-state index in [1.807, 2.05) is 60.7 Å². The maximum absolute atomic E-state index is 12.9. The standard InChI is InChI=1S/C23H20N2O3/c26-23(16-15-21-13-7-8-14-22(21)25(27)28)24(17-19-9-3-1-4-10-19)18-20-11-5-2-6-12-20/h1-16H,17-18H2. The molecule has 140 valence electrons. The molecule has 3 rings (SSSR count). The molecule has 0 spiro atoms. The second kappa shape index (κ2) is 9.28. The zero-order valence-corrected chi connectivity index (χ0v) is 15.3. The average Bonchev–Trinajstić information content (AvgIpc) is 2.73. The smallest absolute Gasteiger partial charge is 0.276 e. The molecule has 0 unspecified atom stereocenters. The molecule has 0 atom stereocenters. The van der Waals surface area contributed by atoms with Gasteiger partial charge in [-0.3, -0.25) is 14.9 Å². The van der Waals surface area contributed by atoms with Crippen molar-refractivity contribution in [1.29, 1.82) is 0 Å². The minimum atomic E-state index is -0.449. The third-order valence-corrected chi connectivity index (χ3v) is 4.28. The summed E-state index contributed by atoms with van der Waals surface area (Å²) in [5, 5.41) is 11.2. The lowest BCUT2D eigenvalue weighted by molar-refractivity contribution is -0.385. The zero-order valence-electron chi connectivity index (χ0n) is 15.3. The molecule has 28 heavy (non-hydrogen) atoms. The number of hydrogen-bond donors (Lipinski definition) is 0. The van der Waals surface area contributed by atoms with Crippen molar-refractivity contribution in [1.82, 2.24) is 4.90 Å². The van der Waals surface area contributed by atoms with Crippen LogP contribution in [0.5, 0.6) is 0 Å². The summed E-state index contributed by atoms with van der Waals surface area (Å²) in [6, 6.07) is 25.8. The van der Waals surface area contributed by atoms with Crippen LogP contribution in [0.3, 0.4) is 0 Å². The summed E-state index contributed by atoms with van der Waals surface area (Å²) >= 11 is 0. The summed E-state index contributed by atoms with van der Waals surface area (Å²) in [5.41, 5.74) is 2.42. The first kappa shape index (κ1) is 19.0. The van der Waals surface area contributed by atoms with Crippen LogP contribution in [0.25, 0.3) is 6.08 Å². The molecule has 0 saturated heterocycles. The normalized spacial score (nSPS) is 10.7. The minimum absolute atomic E-state index is 0.0239. The van der Waals surface area contributed by atoms with Gasteiger partial charge in [-0.1, -0.05) is 72.8 Å². The van der Waals surface area contributed by atoms with E-state index in [2.05, 4.69) is 0 Å². The average molecular weight is 372 g/mol. The van der Waals surface area contributed by atoms with Crippen molar-refractivity contribution in [2.45, 2.75) is 13.1 Å². The number of nitro groups is 1. The van der Waals surface area contributed by atoms with E-state index < -0.39 is 4.92 Å². The maximum Gasteiger partial charge on any atom is 0.276 e. The van der Waals surface area contributed by atoms with Crippen LogP contribution >= 0.6 is 0 Å². The largest absolute Gasteiger partial charge is 0.331 e. The van der Waals surface area contributed by atoms with Crippen molar-refractivity contribution < 1.29 is 9.72 Å². The van der Waals surface area contributed by atoms with Crippen LogP contribution in [0.2, 0.25) is 0 Å². The van der Waals surface area contributed by atoms with E-state index >= 15 is 0 Å². The van der Waals surface area contributed by atoms with Gasteiger partial charge in [-0.25, -0.2) is 0 Å². The highest BCUT2D eigenvalue weighted by atomic mass is 16.6. The van der Waals surface area contributed by atoms with Crippen LogP contribution in [0.4, 0.5) is 5.69 Å². The van der Waals surface area contributed by atoms with E-state index in [4.69, 9.17) is 0 Å². The number of nitro benzene ring substituents is 1. The molecule has 0 heterocycles. The van der Waals surface area contributed by atoms with E-state index in [0.717, 1.165) is 11.1 Å². The molecule has 0 aliphatic rings. The molecule has 3 aromatic rings. The lowest BCUT2D eigenvalue weighted by Crippen LogP contribution is -2.28. The Morgan fingerprint density at radius 1 is 0.821 bits per heavy atom. The Hall–Kier alpha value is -3.73. The van der Waals surface area contributed by atoms with Gasteiger partial charge in [0.1, 0.15) is 0 Å². The highest BCUT2D eigenvalue weighted by Gasteiger charge is 2.14. The first-order valence-electron chi connectivity index (χ1n) is 8.92. The van der Waals surface area contributed by atoms with Gasteiger partial charge >= 0.3 is 0 Å². The Morgan fingerprint density at radius 2 is 1.32 bits per heavy atom. The zero-order chi connectivity index (χ0) is 19.8. The molecule has 0 radical (unpaired) electrons. The number of para-hydroxylation sites is 1. The number of rotatable bonds is 7. The Kier molecular flexibility index (Phi) is 6.31. The van der Waals surface area contributed by atoms with Gasteiger partial charge in [-0.15, -0.1) is 0 Å². The predicted octanol–water partition coefficient (Wildman–Crippen LogP) is 4.84. The van der Waals surface area contributed by atoms with Crippen molar-refractivity contribution in [2.75, 3.05) is 0 Å². The lowest BCUT2D eigenvalue weighted by Gasteiger charge is -2.21. The molecule has 5 heteroatoms. The topological polar surface area (TPSA) is 63.4 Å². The summed E-state index contributed by atoms with van der Waals surface area (Å²) in [4.78, 5) is 25.3.